The maximum atomic E-state index is 12.9. The van der Waals surface area contributed by atoms with Gasteiger partial charge < -0.3 is 14.2 Å². The van der Waals surface area contributed by atoms with E-state index < -0.39 is 6.10 Å². The second-order valence-corrected chi connectivity index (χ2v) is 20.7. The van der Waals surface area contributed by atoms with E-state index in [4.69, 9.17) is 14.2 Å². The zero-order chi connectivity index (χ0) is 52.9. The third-order valence-corrected chi connectivity index (χ3v) is 13.5. The summed E-state index contributed by atoms with van der Waals surface area (Å²) in [7, 11) is 0. The summed E-state index contributed by atoms with van der Waals surface area (Å²) in [6.45, 7) is 6.59. The van der Waals surface area contributed by atoms with Crippen LogP contribution in [-0.2, 0) is 28.6 Å². The summed E-state index contributed by atoms with van der Waals surface area (Å²) in [5, 5.41) is 0. The maximum absolute atomic E-state index is 12.9. The molecule has 420 valence electrons. The van der Waals surface area contributed by atoms with Gasteiger partial charge in [0.2, 0.25) is 0 Å². The first-order valence-electron chi connectivity index (χ1n) is 31.2. The Kier molecular flexibility index (Phi) is 58.3. The molecule has 0 aliphatic heterocycles. The molecule has 0 aromatic rings. The van der Waals surface area contributed by atoms with Crippen LogP contribution in [0.2, 0.25) is 0 Å². The first-order chi connectivity index (χ1) is 36.0. The molecule has 1 atom stereocenters. The van der Waals surface area contributed by atoms with E-state index in [-0.39, 0.29) is 31.1 Å². The zero-order valence-electron chi connectivity index (χ0n) is 48.1. The number of hydrogen-bond donors (Lipinski definition) is 0. The van der Waals surface area contributed by atoms with Crippen molar-refractivity contribution in [3.8, 4) is 0 Å². The Morgan fingerprint density at radius 1 is 0.274 bits per heavy atom. The highest BCUT2D eigenvalue weighted by Gasteiger charge is 2.19. The molecule has 0 rings (SSSR count). The fraction of sp³-hybridized carbons (Fsp3) is 0.746. The Balaban J connectivity index is 4.46. The Morgan fingerprint density at radius 3 is 0.849 bits per heavy atom. The second-order valence-electron chi connectivity index (χ2n) is 20.7. The van der Waals surface area contributed by atoms with Gasteiger partial charge in [-0.1, -0.05) is 273 Å². The van der Waals surface area contributed by atoms with Gasteiger partial charge in [0.15, 0.2) is 6.10 Å². The highest BCUT2D eigenvalue weighted by molar-refractivity contribution is 5.71. The molecule has 6 heteroatoms. The number of carbonyl (C=O) groups excluding carboxylic acids is 3. The van der Waals surface area contributed by atoms with Crippen molar-refractivity contribution >= 4 is 17.9 Å². The standard InChI is InChI=1S/C67H116O6/c1-4-7-10-13-16-19-22-25-28-31-34-37-39-42-45-48-51-54-57-60-66(69)72-63-64(73-67(70)61-58-55-52-49-46-43-40-36-33-30-27-24-21-18-15-12-9-6-3)62-71-65(68)59-56-53-50-47-44-41-38-35-32-29-26-23-20-17-14-11-8-5-2/h18,21,24,27,29-36,38,40,64H,4-17,19-20,22-23,25-26,28,37,39,41-63H2,1-3H3/b21-18-,27-24-,32-29-,33-30-,34-31-,38-35-,40-36-. The molecule has 0 aliphatic rings. The summed E-state index contributed by atoms with van der Waals surface area (Å²) in [5.74, 6) is -0.926. The van der Waals surface area contributed by atoms with E-state index in [2.05, 4.69) is 106 Å². The molecule has 73 heavy (non-hydrogen) atoms. The minimum Gasteiger partial charge on any atom is -0.462 e. The average Bonchev–Trinajstić information content (AvgIpc) is 3.39. The number of hydrogen-bond acceptors (Lipinski definition) is 6. The largest absolute Gasteiger partial charge is 0.462 e. The third kappa shape index (κ3) is 59.3. The van der Waals surface area contributed by atoms with Gasteiger partial charge in [-0.3, -0.25) is 14.4 Å². The van der Waals surface area contributed by atoms with Crippen molar-refractivity contribution in [2.24, 2.45) is 0 Å². The van der Waals surface area contributed by atoms with Gasteiger partial charge in [-0.2, -0.15) is 0 Å². The molecule has 1 unspecified atom stereocenters. The van der Waals surface area contributed by atoms with Crippen molar-refractivity contribution in [2.75, 3.05) is 13.2 Å². The fourth-order valence-corrected chi connectivity index (χ4v) is 8.74. The molecule has 0 heterocycles. The van der Waals surface area contributed by atoms with Crippen LogP contribution in [0.3, 0.4) is 0 Å². The van der Waals surface area contributed by atoms with E-state index in [9.17, 15) is 14.4 Å². The number of allylic oxidation sites excluding steroid dienone is 14. The van der Waals surface area contributed by atoms with Crippen molar-refractivity contribution in [1.29, 1.82) is 0 Å². The van der Waals surface area contributed by atoms with Crippen LogP contribution in [0.15, 0.2) is 85.1 Å². The van der Waals surface area contributed by atoms with Crippen LogP contribution < -0.4 is 0 Å². The number of unbranched alkanes of at least 4 members (excludes halogenated alkanes) is 35. The molecule has 0 aromatic carbocycles. The first-order valence-corrected chi connectivity index (χ1v) is 31.2. The van der Waals surface area contributed by atoms with Gasteiger partial charge in [0.1, 0.15) is 13.2 Å². The van der Waals surface area contributed by atoms with E-state index in [1.807, 2.05) is 0 Å². The zero-order valence-corrected chi connectivity index (χ0v) is 48.1. The van der Waals surface area contributed by atoms with Crippen LogP contribution in [0.25, 0.3) is 0 Å². The van der Waals surface area contributed by atoms with Gasteiger partial charge in [0.25, 0.3) is 0 Å². The number of esters is 3. The van der Waals surface area contributed by atoms with Gasteiger partial charge in [-0.15, -0.1) is 0 Å². The average molecular weight is 1020 g/mol. The van der Waals surface area contributed by atoms with E-state index in [0.717, 1.165) is 103 Å². The molecule has 0 radical (unpaired) electrons. The number of ether oxygens (including phenoxy) is 3. The summed E-state index contributed by atoms with van der Waals surface area (Å²) in [6, 6.07) is 0. The van der Waals surface area contributed by atoms with Gasteiger partial charge in [0, 0.05) is 19.3 Å². The van der Waals surface area contributed by atoms with Crippen molar-refractivity contribution in [1.82, 2.24) is 0 Å². The SMILES string of the molecule is CCCCC\C=C/C=C\C=C/C=C\CCCCCCCC(=O)OC(COC(=O)CCCCCCC/C=C\C=C/CCCCCCCCC)COC(=O)CCCCCCCCC/C=C\CCCCCCCCCC. The summed E-state index contributed by atoms with van der Waals surface area (Å²) in [5.41, 5.74) is 0. The van der Waals surface area contributed by atoms with Gasteiger partial charge in [-0.05, 0) is 96.3 Å². The summed E-state index contributed by atoms with van der Waals surface area (Å²) < 4.78 is 16.9. The van der Waals surface area contributed by atoms with Crippen LogP contribution in [0.5, 0.6) is 0 Å². The minimum atomic E-state index is -0.799. The van der Waals surface area contributed by atoms with Crippen molar-refractivity contribution in [2.45, 2.75) is 309 Å². The summed E-state index contributed by atoms with van der Waals surface area (Å²) in [4.78, 5) is 38.3. The van der Waals surface area contributed by atoms with Crippen LogP contribution in [0.1, 0.15) is 303 Å². The Morgan fingerprint density at radius 2 is 0.507 bits per heavy atom. The second kappa shape index (κ2) is 61.1. The van der Waals surface area contributed by atoms with E-state index in [0.29, 0.717) is 19.3 Å². The number of carbonyl (C=O) groups is 3. The lowest BCUT2D eigenvalue weighted by Crippen LogP contribution is -2.30. The molecule has 0 aliphatic carbocycles. The van der Waals surface area contributed by atoms with Crippen molar-refractivity contribution in [3.05, 3.63) is 85.1 Å². The summed E-state index contributed by atoms with van der Waals surface area (Å²) >= 11 is 0. The van der Waals surface area contributed by atoms with Crippen molar-refractivity contribution in [3.63, 3.8) is 0 Å². The fourth-order valence-electron chi connectivity index (χ4n) is 8.74. The highest BCUT2D eigenvalue weighted by atomic mass is 16.6. The Bertz CT molecular complexity index is 1400. The third-order valence-electron chi connectivity index (χ3n) is 13.5. The van der Waals surface area contributed by atoms with Crippen LogP contribution in [-0.4, -0.2) is 37.2 Å². The molecule has 0 amide bonds. The molecule has 0 saturated carbocycles. The lowest BCUT2D eigenvalue weighted by atomic mass is 10.1. The summed E-state index contributed by atoms with van der Waals surface area (Å²) in [6.07, 6.45) is 80.0. The molecule has 0 aromatic heterocycles. The Labute approximate surface area is 452 Å². The van der Waals surface area contributed by atoms with Crippen LogP contribution in [0.4, 0.5) is 0 Å². The number of rotatable bonds is 56. The quantitative estimate of drug-likeness (QED) is 0.0199. The van der Waals surface area contributed by atoms with Crippen molar-refractivity contribution < 1.29 is 28.6 Å². The topological polar surface area (TPSA) is 78.9 Å². The molecule has 0 fully saturated rings. The minimum absolute atomic E-state index is 0.0932. The molecule has 0 saturated heterocycles. The molecular weight excluding hydrogens is 901 g/mol. The maximum Gasteiger partial charge on any atom is 0.306 e. The normalized spacial score (nSPS) is 12.6. The molecule has 0 spiro atoms. The smallest absolute Gasteiger partial charge is 0.306 e. The molecular formula is C67H116O6. The predicted octanol–water partition coefficient (Wildman–Crippen LogP) is 21.1. The van der Waals surface area contributed by atoms with Gasteiger partial charge in [0.05, 0.1) is 0 Å². The predicted molar refractivity (Wildman–Crippen MR) is 316 cm³/mol. The van der Waals surface area contributed by atoms with Crippen LogP contribution in [0, 0.1) is 0 Å². The molecule has 0 N–H and O–H groups in total. The van der Waals surface area contributed by atoms with Crippen LogP contribution >= 0.6 is 0 Å². The lowest BCUT2D eigenvalue weighted by molar-refractivity contribution is -0.167. The highest BCUT2D eigenvalue weighted by Crippen LogP contribution is 2.15. The first kappa shape index (κ1) is 69.6. The lowest BCUT2D eigenvalue weighted by Gasteiger charge is -2.18. The van der Waals surface area contributed by atoms with Gasteiger partial charge in [-0.25, -0.2) is 0 Å². The monoisotopic (exact) mass is 1020 g/mol. The molecule has 6 nitrogen and oxygen atoms in total. The van der Waals surface area contributed by atoms with E-state index in [1.54, 1.807) is 0 Å². The Hall–Kier alpha value is -3.41. The van der Waals surface area contributed by atoms with E-state index in [1.165, 1.54) is 161 Å². The van der Waals surface area contributed by atoms with Gasteiger partial charge >= 0.3 is 17.9 Å². The van der Waals surface area contributed by atoms with E-state index >= 15 is 0 Å². The molecule has 0 bridgehead atoms.